The van der Waals surface area contributed by atoms with Crippen LogP contribution in [0.5, 0.6) is 5.75 Å². The molecular weight excluding hydrogens is 374 g/mol. The van der Waals surface area contributed by atoms with E-state index >= 15 is 0 Å². The Bertz CT molecular complexity index is 422. The van der Waals surface area contributed by atoms with Gasteiger partial charge in [-0.1, -0.05) is 0 Å². The Morgan fingerprint density at radius 1 is 1.26 bits per heavy atom. The quantitative estimate of drug-likeness (QED) is 0.843. The molecule has 1 heterocycles. The van der Waals surface area contributed by atoms with E-state index < -0.39 is 0 Å². The molecule has 3 nitrogen and oxygen atoms in total. The molecule has 1 aliphatic heterocycles. The molecule has 1 aliphatic rings. The zero-order valence-corrected chi connectivity index (χ0v) is 14.4. The SMILES string of the molecule is COc1c(Br)cc(CNC2(C)CCOCC2)cc1Br. The fourth-order valence-electron chi connectivity index (χ4n) is 2.22. The first-order valence-corrected chi connectivity index (χ1v) is 7.97. The van der Waals surface area contributed by atoms with Gasteiger partial charge in [0, 0.05) is 25.3 Å². The maximum Gasteiger partial charge on any atom is 0.147 e. The maximum absolute atomic E-state index is 5.41. The lowest BCUT2D eigenvalue weighted by atomic mass is 9.92. The van der Waals surface area contributed by atoms with Crippen molar-refractivity contribution in [3.63, 3.8) is 0 Å². The van der Waals surface area contributed by atoms with Crippen molar-refractivity contribution >= 4 is 31.9 Å². The minimum atomic E-state index is 0.178. The van der Waals surface area contributed by atoms with E-state index in [1.54, 1.807) is 7.11 Å². The molecule has 0 amide bonds. The highest BCUT2D eigenvalue weighted by Crippen LogP contribution is 2.34. The molecule has 0 radical (unpaired) electrons. The van der Waals surface area contributed by atoms with Crippen LogP contribution in [0.4, 0.5) is 0 Å². The lowest BCUT2D eigenvalue weighted by Crippen LogP contribution is -2.46. The van der Waals surface area contributed by atoms with Crippen LogP contribution >= 0.6 is 31.9 Å². The number of benzene rings is 1. The summed E-state index contributed by atoms with van der Waals surface area (Å²) in [6, 6.07) is 4.19. The van der Waals surface area contributed by atoms with E-state index in [2.05, 4.69) is 56.2 Å². The van der Waals surface area contributed by atoms with Crippen molar-refractivity contribution in [1.29, 1.82) is 0 Å². The summed E-state index contributed by atoms with van der Waals surface area (Å²) in [7, 11) is 1.67. The average Bonchev–Trinajstić information content (AvgIpc) is 2.37. The zero-order valence-electron chi connectivity index (χ0n) is 11.3. The third kappa shape index (κ3) is 3.94. The number of hydrogen-bond acceptors (Lipinski definition) is 3. The summed E-state index contributed by atoms with van der Waals surface area (Å²) in [5, 5.41) is 3.64. The Morgan fingerprint density at radius 2 is 1.84 bits per heavy atom. The molecular formula is C14H19Br2NO2. The molecule has 0 atom stereocenters. The monoisotopic (exact) mass is 391 g/mol. The van der Waals surface area contributed by atoms with Crippen LogP contribution in [0.25, 0.3) is 0 Å². The summed E-state index contributed by atoms with van der Waals surface area (Å²) in [4.78, 5) is 0. The van der Waals surface area contributed by atoms with Gasteiger partial charge in [-0.05, 0) is 69.3 Å². The fourth-order valence-corrected chi connectivity index (χ4v) is 3.83. The van der Waals surface area contributed by atoms with Crippen LogP contribution in [0.3, 0.4) is 0 Å². The highest BCUT2D eigenvalue weighted by molar-refractivity contribution is 9.11. The number of ether oxygens (including phenoxy) is 2. The minimum absolute atomic E-state index is 0.178. The van der Waals surface area contributed by atoms with E-state index in [0.29, 0.717) is 0 Å². The summed E-state index contributed by atoms with van der Waals surface area (Å²) in [5.74, 6) is 0.834. The normalized spacial score (nSPS) is 18.3. The second-order valence-electron chi connectivity index (χ2n) is 5.12. The van der Waals surface area contributed by atoms with Crippen molar-refractivity contribution in [3.8, 4) is 5.75 Å². The Morgan fingerprint density at radius 3 is 2.37 bits per heavy atom. The summed E-state index contributed by atoms with van der Waals surface area (Å²) < 4.78 is 12.7. The molecule has 0 aromatic heterocycles. The predicted octanol–water partition coefficient (Wildman–Crippen LogP) is 3.88. The van der Waals surface area contributed by atoms with Crippen molar-refractivity contribution in [2.45, 2.75) is 31.8 Å². The van der Waals surface area contributed by atoms with E-state index in [4.69, 9.17) is 9.47 Å². The highest BCUT2D eigenvalue weighted by atomic mass is 79.9. The Kier molecular flexibility index (Phi) is 5.29. The summed E-state index contributed by atoms with van der Waals surface area (Å²) in [6.45, 7) is 4.81. The largest absolute Gasteiger partial charge is 0.494 e. The molecule has 1 fully saturated rings. The summed E-state index contributed by atoms with van der Waals surface area (Å²) >= 11 is 7.07. The lowest BCUT2D eigenvalue weighted by Gasteiger charge is -2.34. The first-order valence-electron chi connectivity index (χ1n) is 6.39. The van der Waals surface area contributed by atoms with Gasteiger partial charge >= 0.3 is 0 Å². The van der Waals surface area contributed by atoms with Crippen molar-refractivity contribution in [3.05, 3.63) is 26.6 Å². The third-order valence-corrected chi connectivity index (χ3v) is 4.76. The van der Waals surface area contributed by atoms with Crippen molar-refractivity contribution < 1.29 is 9.47 Å². The molecule has 1 aromatic carbocycles. The Hall–Kier alpha value is -0.100. The van der Waals surface area contributed by atoms with Crippen LogP contribution < -0.4 is 10.1 Å². The predicted molar refractivity (Wildman–Crippen MR) is 83.7 cm³/mol. The zero-order chi connectivity index (χ0) is 13.9. The number of nitrogens with one attached hydrogen (secondary N) is 1. The van der Waals surface area contributed by atoms with Gasteiger partial charge in [0.15, 0.2) is 0 Å². The van der Waals surface area contributed by atoms with Crippen LogP contribution in [0.2, 0.25) is 0 Å². The fraction of sp³-hybridized carbons (Fsp3) is 0.571. The molecule has 2 rings (SSSR count). The minimum Gasteiger partial charge on any atom is -0.494 e. The number of rotatable bonds is 4. The van der Waals surface area contributed by atoms with E-state index in [9.17, 15) is 0 Å². The van der Waals surface area contributed by atoms with Gasteiger partial charge in [-0.3, -0.25) is 0 Å². The number of hydrogen-bond donors (Lipinski definition) is 1. The molecule has 0 aliphatic carbocycles. The average molecular weight is 393 g/mol. The molecule has 0 spiro atoms. The van der Waals surface area contributed by atoms with Crippen LogP contribution in [-0.2, 0) is 11.3 Å². The van der Waals surface area contributed by atoms with Gasteiger partial charge in [-0.15, -0.1) is 0 Å². The van der Waals surface area contributed by atoms with E-state index in [1.165, 1.54) is 5.56 Å². The molecule has 1 N–H and O–H groups in total. The number of halogens is 2. The van der Waals surface area contributed by atoms with Gasteiger partial charge in [0.05, 0.1) is 16.1 Å². The maximum atomic E-state index is 5.41. The molecule has 0 unspecified atom stereocenters. The summed E-state index contributed by atoms with van der Waals surface area (Å²) in [6.07, 6.45) is 2.12. The topological polar surface area (TPSA) is 30.5 Å². The van der Waals surface area contributed by atoms with Crippen LogP contribution in [0.1, 0.15) is 25.3 Å². The second kappa shape index (κ2) is 6.57. The lowest BCUT2D eigenvalue weighted by molar-refractivity contribution is 0.0446. The standard InChI is InChI=1S/C14H19Br2NO2/c1-14(3-5-19-6-4-14)17-9-10-7-11(15)13(18-2)12(16)8-10/h7-8,17H,3-6,9H2,1-2H3. The van der Waals surface area contributed by atoms with Gasteiger partial charge in [-0.2, -0.15) is 0 Å². The molecule has 106 valence electrons. The number of methoxy groups -OCH3 is 1. The van der Waals surface area contributed by atoms with Gasteiger partial charge in [0.2, 0.25) is 0 Å². The van der Waals surface area contributed by atoms with E-state index in [0.717, 1.165) is 47.3 Å². The highest BCUT2D eigenvalue weighted by Gasteiger charge is 2.26. The van der Waals surface area contributed by atoms with Gasteiger partial charge < -0.3 is 14.8 Å². The molecule has 19 heavy (non-hydrogen) atoms. The van der Waals surface area contributed by atoms with Crippen molar-refractivity contribution in [2.24, 2.45) is 0 Å². The van der Waals surface area contributed by atoms with Crippen molar-refractivity contribution in [1.82, 2.24) is 5.32 Å². The first-order chi connectivity index (χ1) is 9.04. The smallest absolute Gasteiger partial charge is 0.147 e. The molecule has 0 saturated carbocycles. The molecule has 1 aromatic rings. The van der Waals surface area contributed by atoms with E-state index in [1.807, 2.05) is 0 Å². The van der Waals surface area contributed by atoms with Crippen LogP contribution in [-0.4, -0.2) is 25.9 Å². The van der Waals surface area contributed by atoms with Gasteiger partial charge in [0.25, 0.3) is 0 Å². The van der Waals surface area contributed by atoms with Gasteiger partial charge in [0.1, 0.15) is 5.75 Å². The Labute approximate surface area is 131 Å². The van der Waals surface area contributed by atoms with E-state index in [-0.39, 0.29) is 5.54 Å². The molecule has 1 saturated heterocycles. The third-order valence-electron chi connectivity index (χ3n) is 3.58. The first kappa shape index (κ1) is 15.3. The molecule has 0 bridgehead atoms. The molecule has 5 heteroatoms. The van der Waals surface area contributed by atoms with Crippen LogP contribution in [0, 0.1) is 0 Å². The van der Waals surface area contributed by atoms with Crippen LogP contribution in [0.15, 0.2) is 21.1 Å². The van der Waals surface area contributed by atoms with Crippen molar-refractivity contribution in [2.75, 3.05) is 20.3 Å². The van der Waals surface area contributed by atoms with Gasteiger partial charge in [-0.25, -0.2) is 0 Å². The Balaban J connectivity index is 2.03. The summed E-state index contributed by atoms with van der Waals surface area (Å²) in [5.41, 5.74) is 1.41. The second-order valence-corrected chi connectivity index (χ2v) is 6.83.